The van der Waals surface area contributed by atoms with Gasteiger partial charge in [0.1, 0.15) is 5.82 Å². The minimum atomic E-state index is -4.44. The molecule has 1 aliphatic rings. The van der Waals surface area contributed by atoms with Crippen LogP contribution < -0.4 is 5.56 Å². The lowest BCUT2D eigenvalue weighted by molar-refractivity contribution is -0.137. The Hall–Kier alpha value is -3.07. The number of hydrogen-bond donors (Lipinski definition) is 1. The Morgan fingerprint density at radius 3 is 2.50 bits per heavy atom. The first-order valence-electron chi connectivity index (χ1n) is 9.17. The zero-order valence-corrected chi connectivity index (χ0v) is 15.6. The lowest BCUT2D eigenvalue weighted by atomic mass is 10.0. The van der Waals surface area contributed by atoms with E-state index in [1.54, 1.807) is 0 Å². The number of hydrogen-bond acceptors (Lipinski definition) is 3. The third-order valence-corrected chi connectivity index (χ3v) is 5.06. The smallest absolute Gasteiger partial charge is 0.306 e. The van der Waals surface area contributed by atoms with Crippen LogP contribution in [-0.4, -0.2) is 21.4 Å². The molecule has 0 amide bonds. The molecule has 4 rings (SSSR count). The molecule has 1 aliphatic heterocycles. The molecule has 2 heterocycles. The van der Waals surface area contributed by atoms with Crippen molar-refractivity contribution in [2.24, 2.45) is 0 Å². The summed E-state index contributed by atoms with van der Waals surface area (Å²) in [5.74, 6) is -1.64. The number of H-pyrrole nitrogens is 1. The van der Waals surface area contributed by atoms with Crippen LogP contribution in [0.3, 0.4) is 0 Å². The maximum Gasteiger partial charge on any atom is 0.416 e. The molecule has 0 radical (unpaired) electrons. The van der Waals surface area contributed by atoms with Crippen LogP contribution >= 0.6 is 0 Å². The van der Waals surface area contributed by atoms with Gasteiger partial charge in [-0.3, -0.25) is 9.69 Å². The van der Waals surface area contributed by atoms with E-state index in [4.69, 9.17) is 0 Å². The van der Waals surface area contributed by atoms with E-state index in [0.717, 1.165) is 18.2 Å². The second-order valence-electron chi connectivity index (χ2n) is 7.09. The molecule has 0 saturated heterocycles. The second-order valence-corrected chi connectivity index (χ2v) is 7.09. The molecule has 2 aromatic carbocycles. The van der Waals surface area contributed by atoms with Crippen molar-refractivity contribution in [2.75, 3.05) is 6.54 Å². The first-order chi connectivity index (χ1) is 14.2. The molecule has 9 heteroatoms. The van der Waals surface area contributed by atoms with E-state index in [1.165, 1.54) is 24.3 Å². The van der Waals surface area contributed by atoms with Gasteiger partial charge >= 0.3 is 6.18 Å². The molecule has 0 aliphatic carbocycles. The number of nitrogens with zero attached hydrogens (tertiary/aromatic N) is 2. The summed E-state index contributed by atoms with van der Waals surface area (Å²) in [5.41, 5.74) is 0.334. The SMILES string of the molecule is O=c1[nH]c(-c2ccc(C(F)(F)F)cc2)nc2c1CN(Cc1cccc(F)c1F)CC2. The third kappa shape index (κ3) is 3.97. The summed E-state index contributed by atoms with van der Waals surface area (Å²) in [6.45, 7) is 0.829. The Morgan fingerprint density at radius 2 is 1.80 bits per heavy atom. The standard InChI is InChI=1S/C21H16F5N3O/c22-16-3-1-2-13(18(16)23)10-29-9-8-17-15(11-29)20(30)28-19(27-17)12-4-6-14(7-5-12)21(24,25)26/h1-7H,8-11H2,(H,27,28,30). The third-order valence-electron chi connectivity index (χ3n) is 5.06. The monoisotopic (exact) mass is 421 g/mol. The van der Waals surface area contributed by atoms with Gasteiger partial charge in [-0.1, -0.05) is 24.3 Å². The highest BCUT2D eigenvalue weighted by Gasteiger charge is 2.30. The average Bonchev–Trinajstić information content (AvgIpc) is 2.71. The number of rotatable bonds is 3. The van der Waals surface area contributed by atoms with Gasteiger partial charge in [0.25, 0.3) is 5.56 Å². The number of alkyl halides is 3. The van der Waals surface area contributed by atoms with Gasteiger partial charge in [-0.15, -0.1) is 0 Å². The molecule has 0 saturated carbocycles. The van der Waals surface area contributed by atoms with Gasteiger partial charge in [-0.05, 0) is 18.2 Å². The molecule has 0 fully saturated rings. The molecule has 30 heavy (non-hydrogen) atoms. The first kappa shape index (κ1) is 20.2. The highest BCUT2D eigenvalue weighted by Crippen LogP contribution is 2.30. The van der Waals surface area contributed by atoms with Crippen LogP contribution in [0.2, 0.25) is 0 Å². The number of benzene rings is 2. The van der Waals surface area contributed by atoms with Gasteiger partial charge in [0, 0.05) is 37.2 Å². The summed E-state index contributed by atoms with van der Waals surface area (Å²) in [6, 6.07) is 8.35. The van der Waals surface area contributed by atoms with Gasteiger partial charge in [0.2, 0.25) is 0 Å². The molecule has 1 N–H and O–H groups in total. The van der Waals surface area contributed by atoms with E-state index < -0.39 is 28.9 Å². The summed E-state index contributed by atoms with van der Waals surface area (Å²) in [5, 5.41) is 0. The van der Waals surface area contributed by atoms with Gasteiger partial charge in [0.05, 0.1) is 16.8 Å². The van der Waals surface area contributed by atoms with Crippen LogP contribution in [0.15, 0.2) is 47.3 Å². The molecular weight excluding hydrogens is 405 g/mol. The van der Waals surface area contributed by atoms with E-state index in [2.05, 4.69) is 9.97 Å². The van der Waals surface area contributed by atoms with Crippen molar-refractivity contribution in [1.29, 1.82) is 0 Å². The van der Waals surface area contributed by atoms with Crippen LogP contribution in [0.5, 0.6) is 0 Å². The normalized spacial score (nSPS) is 14.6. The quantitative estimate of drug-likeness (QED) is 0.642. The van der Waals surface area contributed by atoms with E-state index in [9.17, 15) is 26.7 Å². The van der Waals surface area contributed by atoms with E-state index in [-0.39, 0.29) is 24.5 Å². The number of halogens is 5. The summed E-state index contributed by atoms with van der Waals surface area (Å²) in [4.78, 5) is 21.4. The van der Waals surface area contributed by atoms with Crippen molar-refractivity contribution < 1.29 is 22.0 Å². The van der Waals surface area contributed by atoms with Crippen molar-refractivity contribution in [3.05, 3.63) is 86.8 Å². The Balaban J connectivity index is 1.57. The van der Waals surface area contributed by atoms with Gasteiger partial charge in [-0.2, -0.15) is 13.2 Å². The van der Waals surface area contributed by atoms with Gasteiger partial charge in [0.15, 0.2) is 11.6 Å². The van der Waals surface area contributed by atoms with Crippen molar-refractivity contribution in [2.45, 2.75) is 25.7 Å². The van der Waals surface area contributed by atoms with Crippen molar-refractivity contribution >= 4 is 0 Å². The predicted molar refractivity (Wildman–Crippen MR) is 99.5 cm³/mol. The molecule has 156 valence electrons. The number of nitrogens with one attached hydrogen (secondary N) is 1. The fourth-order valence-corrected chi connectivity index (χ4v) is 3.48. The van der Waals surface area contributed by atoms with Crippen LogP contribution in [0.4, 0.5) is 22.0 Å². The fourth-order valence-electron chi connectivity index (χ4n) is 3.48. The molecule has 3 aromatic rings. The molecule has 0 atom stereocenters. The molecular formula is C21H16F5N3O. The highest BCUT2D eigenvalue weighted by molar-refractivity contribution is 5.56. The van der Waals surface area contributed by atoms with E-state index in [1.807, 2.05) is 4.90 Å². The zero-order chi connectivity index (χ0) is 21.5. The van der Waals surface area contributed by atoms with Crippen molar-refractivity contribution in [3.8, 4) is 11.4 Å². The minimum Gasteiger partial charge on any atom is -0.306 e. The minimum absolute atomic E-state index is 0.142. The summed E-state index contributed by atoms with van der Waals surface area (Å²) >= 11 is 0. The largest absolute Gasteiger partial charge is 0.416 e. The molecule has 1 aromatic heterocycles. The average molecular weight is 421 g/mol. The van der Waals surface area contributed by atoms with Crippen molar-refractivity contribution in [1.82, 2.24) is 14.9 Å². The molecule has 0 spiro atoms. The lowest BCUT2D eigenvalue weighted by Crippen LogP contribution is -2.35. The van der Waals surface area contributed by atoms with Crippen LogP contribution in [0.25, 0.3) is 11.4 Å². The highest BCUT2D eigenvalue weighted by atomic mass is 19.4. The Morgan fingerprint density at radius 1 is 1.07 bits per heavy atom. The van der Waals surface area contributed by atoms with Crippen molar-refractivity contribution in [3.63, 3.8) is 0 Å². The predicted octanol–water partition coefficient (Wildman–Crippen LogP) is 4.29. The van der Waals surface area contributed by atoms with Crippen LogP contribution in [-0.2, 0) is 25.7 Å². The Bertz CT molecular complexity index is 1140. The molecule has 0 bridgehead atoms. The van der Waals surface area contributed by atoms with Crippen LogP contribution in [0.1, 0.15) is 22.4 Å². The zero-order valence-electron chi connectivity index (χ0n) is 15.6. The summed E-state index contributed by atoms with van der Waals surface area (Å²) < 4.78 is 65.5. The number of aromatic nitrogens is 2. The summed E-state index contributed by atoms with van der Waals surface area (Å²) in [6.07, 6.45) is -4.04. The Labute approximate surface area is 168 Å². The molecule has 0 unspecified atom stereocenters. The number of fused-ring (bicyclic) bond motifs is 1. The molecule has 4 nitrogen and oxygen atoms in total. The lowest BCUT2D eigenvalue weighted by Gasteiger charge is -2.27. The van der Waals surface area contributed by atoms with Gasteiger partial charge in [-0.25, -0.2) is 13.8 Å². The topological polar surface area (TPSA) is 49.0 Å². The van der Waals surface area contributed by atoms with Gasteiger partial charge < -0.3 is 4.98 Å². The van der Waals surface area contributed by atoms with Crippen LogP contribution in [0, 0.1) is 11.6 Å². The first-order valence-corrected chi connectivity index (χ1v) is 9.17. The number of aromatic amines is 1. The maximum absolute atomic E-state index is 13.9. The summed E-state index contributed by atoms with van der Waals surface area (Å²) in [7, 11) is 0. The Kier molecular flexibility index (Phi) is 5.15. The maximum atomic E-state index is 13.9. The fraction of sp³-hybridized carbons (Fsp3) is 0.238. The van der Waals surface area contributed by atoms with E-state index >= 15 is 0 Å². The second kappa shape index (κ2) is 7.64. The van der Waals surface area contributed by atoms with E-state index in [0.29, 0.717) is 29.8 Å².